The molecule has 0 radical (unpaired) electrons. The number of fused-ring (bicyclic) bond motifs is 4. The fraction of sp³-hybridized carbons (Fsp3) is 0.640. The number of carbonyl (C=O) groups is 1. The molecule has 1 heterocycles. The molecule has 4 aliphatic rings. The lowest BCUT2D eigenvalue weighted by atomic mass is 9.63. The number of nitrogens with one attached hydrogen (secondary N) is 1. The van der Waals surface area contributed by atoms with Crippen molar-refractivity contribution >= 4 is 6.03 Å². The van der Waals surface area contributed by atoms with Gasteiger partial charge in [0.1, 0.15) is 0 Å². The largest absolute Gasteiger partial charge is 0.331 e. The van der Waals surface area contributed by atoms with Gasteiger partial charge in [0, 0.05) is 22.1 Å². The molecule has 1 aliphatic heterocycles. The molecule has 2 fully saturated rings. The van der Waals surface area contributed by atoms with Crippen LogP contribution in [-0.2, 0) is 5.41 Å². The third kappa shape index (κ3) is 3.50. The van der Waals surface area contributed by atoms with Crippen LogP contribution in [0.2, 0.25) is 0 Å². The van der Waals surface area contributed by atoms with Gasteiger partial charge in [0.25, 0.3) is 0 Å². The molecule has 1 N–H and O–H groups in total. The summed E-state index contributed by atoms with van der Waals surface area (Å²) in [4.78, 5) is 16.6. The molecule has 0 aromatic heterocycles. The van der Waals surface area contributed by atoms with Crippen molar-refractivity contribution in [1.82, 2.24) is 15.1 Å². The van der Waals surface area contributed by atoms with Gasteiger partial charge >= 0.3 is 6.03 Å². The van der Waals surface area contributed by atoms with E-state index in [9.17, 15) is 4.79 Å². The molecule has 2 amide bonds. The Morgan fingerprint density at radius 1 is 1.17 bits per heavy atom. The van der Waals surface area contributed by atoms with Crippen LogP contribution in [-0.4, -0.2) is 49.6 Å². The van der Waals surface area contributed by atoms with Gasteiger partial charge in [-0.05, 0) is 85.9 Å². The first-order chi connectivity index (χ1) is 14.0. The van der Waals surface area contributed by atoms with Gasteiger partial charge in [-0.1, -0.05) is 36.4 Å². The highest BCUT2D eigenvalue weighted by Crippen LogP contribution is 2.49. The maximum Gasteiger partial charge on any atom is 0.317 e. The van der Waals surface area contributed by atoms with E-state index in [4.69, 9.17) is 0 Å². The summed E-state index contributed by atoms with van der Waals surface area (Å²) in [6.45, 7) is 3.74. The Hall–Kier alpha value is -1.81. The molecule has 4 atom stereocenters. The first kappa shape index (κ1) is 19.2. The van der Waals surface area contributed by atoms with E-state index in [1.54, 1.807) is 4.90 Å². The number of benzene rings is 1. The van der Waals surface area contributed by atoms with E-state index in [0.717, 1.165) is 24.2 Å². The predicted octanol–water partition coefficient (Wildman–Crippen LogP) is 4.58. The Kier molecular flexibility index (Phi) is 4.93. The van der Waals surface area contributed by atoms with E-state index in [1.165, 1.54) is 62.9 Å². The van der Waals surface area contributed by atoms with Crippen LogP contribution < -0.4 is 5.32 Å². The minimum absolute atomic E-state index is 0. The Labute approximate surface area is 176 Å². The summed E-state index contributed by atoms with van der Waals surface area (Å²) in [6, 6.07) is 9.04. The van der Waals surface area contributed by atoms with Gasteiger partial charge in [0.2, 0.25) is 0 Å². The zero-order valence-corrected chi connectivity index (χ0v) is 17.9. The van der Waals surface area contributed by atoms with Crippen LogP contribution in [0.15, 0.2) is 36.4 Å². The third-order valence-electron chi connectivity index (χ3n) is 8.25. The van der Waals surface area contributed by atoms with Gasteiger partial charge in [-0.3, -0.25) is 0 Å². The fourth-order valence-electron chi connectivity index (χ4n) is 6.54. The summed E-state index contributed by atoms with van der Waals surface area (Å²) < 4.78 is 0. The van der Waals surface area contributed by atoms with Gasteiger partial charge in [-0.15, -0.1) is 0 Å². The molecule has 1 aromatic carbocycles. The molecule has 1 saturated heterocycles. The first-order valence-electron chi connectivity index (χ1n) is 11.5. The second-order valence-electron chi connectivity index (χ2n) is 10.1. The molecule has 2 bridgehead atoms. The van der Waals surface area contributed by atoms with E-state index in [0.29, 0.717) is 5.41 Å². The number of hydrogen-bond donors (Lipinski definition) is 1. The third-order valence-corrected chi connectivity index (χ3v) is 8.25. The molecule has 158 valence electrons. The lowest BCUT2D eigenvalue weighted by Crippen LogP contribution is -2.48. The molecule has 3 aliphatic carbocycles. The predicted molar refractivity (Wildman–Crippen MR) is 119 cm³/mol. The van der Waals surface area contributed by atoms with Gasteiger partial charge in [-0.2, -0.15) is 0 Å². The maximum atomic E-state index is 12.3. The Bertz CT molecular complexity index is 799. The van der Waals surface area contributed by atoms with Crippen molar-refractivity contribution in [2.24, 2.45) is 17.8 Å². The van der Waals surface area contributed by atoms with E-state index in [2.05, 4.69) is 46.6 Å². The molecule has 1 aromatic rings. The number of rotatable bonds is 3. The normalized spacial score (nSPS) is 32.3. The van der Waals surface area contributed by atoms with E-state index in [-0.39, 0.29) is 13.5 Å². The minimum Gasteiger partial charge on any atom is -0.331 e. The summed E-state index contributed by atoms with van der Waals surface area (Å²) in [5.41, 5.74) is 3.15. The Morgan fingerprint density at radius 3 is 2.66 bits per heavy atom. The summed E-state index contributed by atoms with van der Waals surface area (Å²) in [5.74, 6) is 2.62. The van der Waals surface area contributed by atoms with Crippen molar-refractivity contribution in [1.29, 1.82) is 0 Å². The monoisotopic (exact) mass is 395 g/mol. The average molecular weight is 396 g/mol. The van der Waals surface area contributed by atoms with E-state index in [1.807, 2.05) is 14.1 Å². The number of urea groups is 1. The number of carbonyl (C=O) groups excluding carboxylic acids is 1. The number of likely N-dealkylation sites (tertiary alicyclic amines) is 1. The van der Waals surface area contributed by atoms with Gasteiger partial charge < -0.3 is 15.1 Å². The molecule has 1 spiro atoms. The smallest absolute Gasteiger partial charge is 0.317 e. The Morgan fingerprint density at radius 2 is 1.97 bits per heavy atom. The molecule has 1 saturated carbocycles. The van der Waals surface area contributed by atoms with Gasteiger partial charge in [0.15, 0.2) is 0 Å². The SMILES string of the molecule is CN(C)C(=O)NC1CCC2(CCN(CC3CC4C=CC3C4)CC2)c2ccccc21.[HH]. The maximum absolute atomic E-state index is 12.3. The summed E-state index contributed by atoms with van der Waals surface area (Å²) >= 11 is 0. The Balaban J connectivity index is 0.00000218. The fourth-order valence-corrected chi connectivity index (χ4v) is 6.54. The lowest BCUT2D eigenvalue weighted by Gasteiger charge is -2.48. The number of nitrogens with zero attached hydrogens (tertiary/aromatic N) is 2. The van der Waals surface area contributed by atoms with Gasteiger partial charge in [-0.25, -0.2) is 4.79 Å². The van der Waals surface area contributed by atoms with Crippen LogP contribution in [0.1, 0.15) is 57.1 Å². The topological polar surface area (TPSA) is 35.6 Å². The van der Waals surface area contributed by atoms with E-state index < -0.39 is 0 Å². The van der Waals surface area contributed by atoms with Crippen LogP contribution in [0.4, 0.5) is 4.79 Å². The number of hydrogen-bond acceptors (Lipinski definition) is 2. The van der Waals surface area contributed by atoms with Crippen molar-refractivity contribution in [3.63, 3.8) is 0 Å². The zero-order valence-electron chi connectivity index (χ0n) is 17.9. The van der Waals surface area contributed by atoms with Crippen LogP contribution >= 0.6 is 0 Å². The summed E-state index contributed by atoms with van der Waals surface area (Å²) in [7, 11) is 3.63. The summed E-state index contributed by atoms with van der Waals surface area (Å²) in [6.07, 6.45) is 12.5. The second-order valence-corrected chi connectivity index (χ2v) is 10.1. The molecular weight excluding hydrogens is 358 g/mol. The summed E-state index contributed by atoms with van der Waals surface area (Å²) in [5, 5.41) is 3.24. The molecular formula is C25H37N3O. The number of piperidine rings is 1. The molecule has 4 heteroatoms. The molecule has 5 rings (SSSR count). The van der Waals surface area contributed by atoms with Crippen LogP contribution in [0.3, 0.4) is 0 Å². The average Bonchev–Trinajstić information content (AvgIpc) is 3.35. The van der Waals surface area contributed by atoms with Crippen LogP contribution in [0, 0.1) is 17.8 Å². The van der Waals surface area contributed by atoms with Crippen molar-refractivity contribution in [3.05, 3.63) is 47.5 Å². The lowest BCUT2D eigenvalue weighted by molar-refractivity contribution is 0.118. The van der Waals surface area contributed by atoms with Crippen molar-refractivity contribution in [2.45, 2.75) is 50.0 Å². The second kappa shape index (κ2) is 7.46. The van der Waals surface area contributed by atoms with E-state index >= 15 is 0 Å². The standard InChI is InChI=1S/C25H35N3O.H2/c1-27(2)24(29)26-23-9-10-25(22-6-4-3-5-21(22)23)11-13-28(14-12-25)17-20-16-18-7-8-19(20)15-18;/h3-8,18-20,23H,9-17H2,1-2H3,(H,26,29);1H. The zero-order chi connectivity index (χ0) is 20.0. The van der Waals surface area contributed by atoms with Crippen LogP contribution in [0.25, 0.3) is 0 Å². The van der Waals surface area contributed by atoms with Crippen molar-refractivity contribution < 1.29 is 6.22 Å². The molecule has 4 unspecified atom stereocenters. The number of allylic oxidation sites excluding steroid dienone is 2. The highest BCUT2D eigenvalue weighted by molar-refractivity contribution is 5.74. The first-order valence-corrected chi connectivity index (χ1v) is 11.5. The number of amides is 2. The van der Waals surface area contributed by atoms with Crippen LogP contribution in [0.5, 0.6) is 0 Å². The molecule has 4 nitrogen and oxygen atoms in total. The minimum atomic E-state index is 0. The van der Waals surface area contributed by atoms with Crippen molar-refractivity contribution in [3.8, 4) is 0 Å². The van der Waals surface area contributed by atoms with Gasteiger partial charge in [0.05, 0.1) is 6.04 Å². The van der Waals surface area contributed by atoms with Crippen molar-refractivity contribution in [2.75, 3.05) is 33.7 Å². The highest BCUT2D eigenvalue weighted by atomic mass is 16.2. The quantitative estimate of drug-likeness (QED) is 0.760. The highest BCUT2D eigenvalue weighted by Gasteiger charge is 2.43. The molecule has 29 heavy (non-hydrogen) atoms.